The molecule has 3 aliphatic heterocycles. The van der Waals surface area contributed by atoms with E-state index < -0.39 is 35.1 Å². The van der Waals surface area contributed by atoms with Crippen molar-refractivity contribution in [2.24, 2.45) is 5.41 Å². The van der Waals surface area contributed by atoms with Crippen molar-refractivity contribution < 1.29 is 38.1 Å². The van der Waals surface area contributed by atoms with Gasteiger partial charge in [0.1, 0.15) is 16.6 Å². The molecule has 6 rings (SSSR count). The van der Waals surface area contributed by atoms with Gasteiger partial charge >= 0.3 is 10.2 Å². The summed E-state index contributed by atoms with van der Waals surface area (Å²) >= 11 is 2.39. The third-order valence-corrected chi connectivity index (χ3v) is 18.0. The van der Waals surface area contributed by atoms with Gasteiger partial charge in [0.05, 0.1) is 22.3 Å². The topological polar surface area (TPSA) is 49.8 Å². The van der Waals surface area contributed by atoms with Gasteiger partial charge in [0.15, 0.2) is 8.32 Å². The van der Waals surface area contributed by atoms with Crippen LogP contribution in [0.4, 0.5) is 19.4 Å². The Labute approximate surface area is 290 Å². The van der Waals surface area contributed by atoms with Gasteiger partial charge in [-0.05, 0) is 66.9 Å². The van der Waals surface area contributed by atoms with Crippen molar-refractivity contribution in [1.82, 2.24) is 4.98 Å². The highest BCUT2D eigenvalue weighted by atomic mass is 127. The number of aromatic nitrogens is 1. The molecule has 2 saturated heterocycles. The normalized spacial score (nSPS) is 30.0. The van der Waals surface area contributed by atoms with Crippen molar-refractivity contribution in [2.45, 2.75) is 117 Å². The van der Waals surface area contributed by atoms with Crippen molar-refractivity contribution in [1.29, 1.82) is 0 Å². The molecule has 5 nitrogen and oxygen atoms in total. The van der Waals surface area contributed by atoms with Gasteiger partial charge in [-0.3, -0.25) is 4.98 Å². The average molecular weight is 816 g/mol. The Hall–Kier alpha value is -0.843. The molecule has 4 aliphatic rings. The first kappa shape index (κ1) is 36.0. The number of alkyl halides is 1. The fraction of sp³-hybridized carbons (Fsp3) is 0.676. The maximum atomic E-state index is 13.8. The van der Waals surface area contributed by atoms with Crippen molar-refractivity contribution in [2.75, 3.05) is 26.4 Å². The van der Waals surface area contributed by atoms with Crippen LogP contribution in [0.25, 0.3) is 0 Å². The second kappa shape index (κ2) is 11.1. The number of halogens is 6. The van der Waals surface area contributed by atoms with Crippen LogP contribution in [-0.4, -0.2) is 43.7 Å². The molecule has 13 heteroatoms. The molecular weight excluding hydrogens is 768 g/mol. The summed E-state index contributed by atoms with van der Waals surface area (Å²) in [5, 5.41) is -0.0425. The Morgan fingerprint density at radius 3 is 2.17 bits per heavy atom. The maximum absolute atomic E-state index is 13.8. The van der Waals surface area contributed by atoms with Crippen molar-refractivity contribution >= 4 is 41.1 Å². The predicted molar refractivity (Wildman–Crippen MR) is 186 cm³/mol. The number of hydrogen-bond acceptors (Lipinski definition) is 5. The molecule has 0 amide bonds. The molecule has 4 heterocycles. The van der Waals surface area contributed by atoms with E-state index in [9.17, 15) is 19.4 Å². The summed E-state index contributed by atoms with van der Waals surface area (Å²) in [5.74, 6) is 0.0605. The van der Waals surface area contributed by atoms with Crippen LogP contribution in [0.15, 0.2) is 29.2 Å². The highest BCUT2D eigenvalue weighted by Crippen LogP contribution is 3.02. The lowest BCUT2D eigenvalue weighted by molar-refractivity contribution is -0.113. The van der Waals surface area contributed by atoms with Crippen molar-refractivity contribution in [3.05, 3.63) is 57.9 Å². The van der Waals surface area contributed by atoms with E-state index in [1.54, 1.807) is 0 Å². The van der Waals surface area contributed by atoms with Crippen LogP contribution in [0, 0.1) is 5.41 Å². The molecule has 1 aliphatic carbocycles. The summed E-state index contributed by atoms with van der Waals surface area (Å²) in [6.45, 7) is 17.8. The van der Waals surface area contributed by atoms with E-state index in [1.807, 2.05) is 0 Å². The van der Waals surface area contributed by atoms with Gasteiger partial charge in [0, 0.05) is 54.5 Å². The van der Waals surface area contributed by atoms with Crippen LogP contribution >= 0.6 is 32.8 Å². The predicted octanol–water partition coefficient (Wildman–Crippen LogP) is 11.2. The van der Waals surface area contributed by atoms with E-state index >= 15 is 0 Å². The molecule has 2 aromatic rings. The zero-order chi connectivity index (χ0) is 34.5. The van der Waals surface area contributed by atoms with E-state index in [1.165, 1.54) is 0 Å². The number of fused-ring (bicyclic) bond motifs is 4. The number of nitrogens with zero attached hydrogens (tertiary/aromatic N) is 1. The lowest BCUT2D eigenvalue weighted by atomic mass is 9.69. The van der Waals surface area contributed by atoms with Crippen LogP contribution in [0.1, 0.15) is 112 Å². The molecule has 0 N–H and O–H groups in total. The molecule has 47 heavy (non-hydrogen) atoms. The lowest BCUT2D eigenvalue weighted by Crippen LogP contribution is -2.47. The smallest absolute Gasteiger partial charge is 0.310 e. The number of ether oxygens (including phenoxy) is 3. The quantitative estimate of drug-likeness (QED) is 0.130. The van der Waals surface area contributed by atoms with Gasteiger partial charge in [0.2, 0.25) is 0 Å². The highest BCUT2D eigenvalue weighted by Gasteiger charge is 2.65. The van der Waals surface area contributed by atoms with Gasteiger partial charge < -0.3 is 18.6 Å². The first-order valence-electron chi connectivity index (χ1n) is 16.5. The standard InChI is InChI=1S/C34H47F5INO4SSi/c1-32(2,3)47(6,7)45-25-19-33(4,5)18-24-27(25)29-28(30(41-24)21-12-15-42-16-13-21)31(44-34(29)14-17-43-20-26(34)40)22-8-10-23(11-9-22)46(35,36,37,38)39/h8-11,21,25-26,31H,12-20H2,1-7H3/t25-,26?,31+,34?/m0/s1. The minimum Gasteiger partial charge on any atom is -0.410 e. The Morgan fingerprint density at radius 2 is 1.60 bits per heavy atom. The summed E-state index contributed by atoms with van der Waals surface area (Å²) in [6, 6.07) is 3.31. The zero-order valence-electron chi connectivity index (χ0n) is 28.2. The first-order chi connectivity index (χ1) is 21.4. The monoisotopic (exact) mass is 815 g/mol. The molecule has 0 saturated carbocycles. The molecule has 264 valence electrons. The molecule has 1 aromatic heterocycles. The van der Waals surface area contributed by atoms with E-state index in [-0.39, 0.29) is 26.4 Å². The maximum Gasteiger partial charge on any atom is 0.310 e. The average Bonchev–Trinajstić information content (AvgIpc) is 3.27. The summed E-state index contributed by atoms with van der Waals surface area (Å²) in [5.41, 5.74) is 4.34. The SMILES string of the molecule is CC1(C)Cc2nc(C3CCOCC3)c3c(c2[C@@H](O[Si](C)(C)C(C)(C)C)C1)C1(CCOCC1I)O[C@@H]3c1ccc(S(F)(F)(F)(F)F)cc1. The summed E-state index contributed by atoms with van der Waals surface area (Å²) in [7, 11) is -12.1. The minimum atomic E-state index is -9.86. The fourth-order valence-corrected chi connectivity index (χ4v) is 10.5. The lowest BCUT2D eigenvalue weighted by Gasteiger charge is -2.47. The van der Waals surface area contributed by atoms with Gasteiger partial charge in [-0.2, -0.15) is 0 Å². The van der Waals surface area contributed by atoms with Gasteiger partial charge in [0.25, 0.3) is 0 Å². The number of benzene rings is 1. The van der Waals surface area contributed by atoms with Crippen molar-refractivity contribution in [3.8, 4) is 0 Å². The Bertz CT molecular complexity index is 1540. The largest absolute Gasteiger partial charge is 0.410 e. The summed E-state index contributed by atoms with van der Waals surface area (Å²) in [4.78, 5) is 3.57. The van der Waals surface area contributed by atoms with Gasteiger partial charge in [-0.25, -0.2) is 0 Å². The third-order valence-electron chi connectivity index (χ3n) is 11.0. The summed E-state index contributed by atoms with van der Waals surface area (Å²) < 4.78 is 94.9. The van der Waals surface area contributed by atoms with E-state index in [4.69, 9.17) is 23.6 Å². The zero-order valence-corrected chi connectivity index (χ0v) is 32.2. The molecule has 1 aromatic carbocycles. The Morgan fingerprint density at radius 1 is 0.957 bits per heavy atom. The first-order valence-corrected chi connectivity index (χ1v) is 22.6. The van der Waals surface area contributed by atoms with Crippen molar-refractivity contribution in [3.63, 3.8) is 0 Å². The third kappa shape index (κ3) is 6.69. The second-order valence-electron chi connectivity index (χ2n) is 16.2. The van der Waals surface area contributed by atoms with Crippen LogP contribution in [0.5, 0.6) is 0 Å². The molecule has 0 radical (unpaired) electrons. The molecule has 2 unspecified atom stereocenters. The number of rotatable bonds is 5. The van der Waals surface area contributed by atoms with Crippen LogP contribution in [-0.2, 0) is 30.7 Å². The molecule has 1 spiro atoms. The molecule has 0 bridgehead atoms. The Kier molecular flexibility index (Phi) is 8.48. The van der Waals surface area contributed by atoms with Crippen LogP contribution < -0.4 is 0 Å². The summed E-state index contributed by atoms with van der Waals surface area (Å²) in [6.07, 6.45) is 2.57. The number of pyridine rings is 1. The van der Waals surface area contributed by atoms with E-state index in [0.29, 0.717) is 50.5 Å². The molecule has 2 fully saturated rings. The Balaban J connectivity index is 1.63. The van der Waals surface area contributed by atoms with Gasteiger partial charge in [-0.15, -0.1) is 0 Å². The van der Waals surface area contributed by atoms with Gasteiger partial charge in [-0.1, -0.05) is 88.8 Å². The second-order valence-corrected chi connectivity index (χ2v) is 24.8. The van der Waals surface area contributed by atoms with E-state index in [2.05, 4.69) is 70.3 Å². The fourth-order valence-electron chi connectivity index (χ4n) is 7.51. The minimum absolute atomic E-state index is 0.0425. The number of hydrogen-bond donors (Lipinski definition) is 0. The van der Waals surface area contributed by atoms with Crippen LogP contribution in [0.3, 0.4) is 0 Å². The van der Waals surface area contributed by atoms with E-state index in [0.717, 1.165) is 65.9 Å². The molecular formula is C34H47F5INO4SSi. The highest BCUT2D eigenvalue weighted by molar-refractivity contribution is 14.1. The molecule has 4 atom stereocenters. The van der Waals surface area contributed by atoms with Crippen LogP contribution in [0.2, 0.25) is 18.1 Å².